The van der Waals surface area contributed by atoms with Gasteiger partial charge in [-0.3, -0.25) is 0 Å². The van der Waals surface area contributed by atoms with E-state index in [9.17, 15) is 25.5 Å². The van der Waals surface area contributed by atoms with Gasteiger partial charge in [0.15, 0.2) is 29.1 Å². The highest BCUT2D eigenvalue weighted by Gasteiger charge is 2.39. The van der Waals surface area contributed by atoms with Gasteiger partial charge < -0.3 is 44.5 Å². The van der Waals surface area contributed by atoms with Gasteiger partial charge in [-0.05, 0) is 41.2 Å². The maximum absolute atomic E-state index is 10.3. The fourth-order valence-electron chi connectivity index (χ4n) is 4.12. The average Bonchev–Trinajstić information content (AvgIpc) is 2.95. The van der Waals surface area contributed by atoms with E-state index < -0.39 is 36.6 Å². The van der Waals surface area contributed by atoms with Gasteiger partial charge in [-0.2, -0.15) is 0 Å². The van der Waals surface area contributed by atoms with E-state index >= 15 is 0 Å². The van der Waals surface area contributed by atoms with Crippen LogP contribution in [-0.2, 0) is 4.74 Å². The second kappa shape index (κ2) is 9.46. The number of ether oxygens (including phenoxy) is 4. The highest BCUT2D eigenvalue weighted by molar-refractivity contribution is 5.70. The molecule has 2 aliphatic heterocycles. The Hall–Kier alpha value is -3.40. The van der Waals surface area contributed by atoms with Gasteiger partial charge in [-0.1, -0.05) is 26.0 Å². The summed E-state index contributed by atoms with van der Waals surface area (Å²) in [4.78, 5) is 0. The minimum atomic E-state index is -1.67. The fraction of sp³-hybridized carbons (Fsp3) is 0.360. The van der Waals surface area contributed by atoms with Gasteiger partial charge in [-0.15, -0.1) is 0 Å². The van der Waals surface area contributed by atoms with Gasteiger partial charge in [0.05, 0.1) is 20.0 Å². The fourth-order valence-corrected chi connectivity index (χ4v) is 4.12. The average molecular weight is 472 g/mol. The maximum atomic E-state index is 10.3. The van der Waals surface area contributed by atoms with Crippen molar-refractivity contribution in [2.24, 2.45) is 5.92 Å². The van der Waals surface area contributed by atoms with Gasteiger partial charge in [0.2, 0.25) is 6.29 Å². The van der Waals surface area contributed by atoms with Crippen LogP contribution in [0.5, 0.6) is 23.0 Å². The largest absolute Gasteiger partial charge is 0.508 e. The summed E-state index contributed by atoms with van der Waals surface area (Å²) < 4.78 is 22.7. The van der Waals surface area contributed by atoms with Crippen LogP contribution in [0.1, 0.15) is 30.9 Å². The molecule has 2 aromatic rings. The Morgan fingerprint density at radius 1 is 0.941 bits per heavy atom. The quantitative estimate of drug-likeness (QED) is 0.443. The van der Waals surface area contributed by atoms with E-state index in [-0.39, 0.29) is 23.3 Å². The molecular formula is C25H28O9. The number of aliphatic hydroxyl groups is 4. The van der Waals surface area contributed by atoms with Crippen molar-refractivity contribution in [2.75, 3.05) is 13.7 Å². The minimum Gasteiger partial charge on any atom is -0.508 e. The highest BCUT2D eigenvalue weighted by atomic mass is 16.7. The minimum absolute atomic E-state index is 0.0275. The molecule has 5 unspecified atom stereocenters. The molecule has 34 heavy (non-hydrogen) atoms. The first kappa shape index (κ1) is 23.7. The van der Waals surface area contributed by atoms with E-state index in [1.807, 2.05) is 12.1 Å². The zero-order valence-electron chi connectivity index (χ0n) is 19.0. The summed E-state index contributed by atoms with van der Waals surface area (Å²) in [5.41, 5.74) is 2.75. The Balaban J connectivity index is 1.68. The van der Waals surface area contributed by atoms with Crippen molar-refractivity contribution < 1.29 is 44.5 Å². The third-order valence-electron chi connectivity index (χ3n) is 6.35. The first-order valence-corrected chi connectivity index (χ1v) is 10.9. The lowest BCUT2D eigenvalue weighted by Gasteiger charge is -2.32. The molecule has 2 heterocycles. The summed E-state index contributed by atoms with van der Waals surface area (Å²) in [5.74, 6) is -0.0665. The van der Waals surface area contributed by atoms with Gasteiger partial charge >= 0.3 is 0 Å². The van der Waals surface area contributed by atoms with Gasteiger partial charge in [0.1, 0.15) is 17.6 Å². The van der Waals surface area contributed by atoms with Crippen molar-refractivity contribution in [2.45, 2.75) is 38.3 Å². The molecule has 5 N–H and O–H groups in total. The zero-order valence-corrected chi connectivity index (χ0v) is 19.0. The number of aromatic hydroxyl groups is 1. The molecule has 0 amide bonds. The first-order chi connectivity index (χ1) is 16.2. The predicted molar refractivity (Wildman–Crippen MR) is 122 cm³/mol. The number of allylic oxidation sites excluding steroid dienone is 1. The number of hydrogen-bond donors (Lipinski definition) is 5. The Kier molecular flexibility index (Phi) is 6.60. The Morgan fingerprint density at radius 3 is 2.29 bits per heavy atom. The van der Waals surface area contributed by atoms with Crippen molar-refractivity contribution in [3.63, 3.8) is 0 Å². The first-order valence-electron chi connectivity index (χ1n) is 10.9. The van der Waals surface area contributed by atoms with E-state index in [2.05, 4.69) is 13.8 Å². The smallest absolute Gasteiger partial charge is 0.234 e. The number of methoxy groups -OCH3 is 1. The summed E-state index contributed by atoms with van der Waals surface area (Å²) >= 11 is 0. The lowest BCUT2D eigenvalue weighted by atomic mass is 9.81. The van der Waals surface area contributed by atoms with Crippen LogP contribution in [0.25, 0.3) is 5.57 Å². The maximum Gasteiger partial charge on any atom is 0.234 e. The van der Waals surface area contributed by atoms with Gasteiger partial charge in [-0.25, -0.2) is 0 Å². The van der Waals surface area contributed by atoms with E-state index in [0.717, 1.165) is 16.7 Å². The Labute approximate surface area is 196 Å². The molecule has 0 aromatic heterocycles. The standard InChI is InChI=1S/C25H28O9/c1-12-13(2)17(14-4-6-15(27)7-5-14)11-32-18-9-20(19(31-3)8-16(12)18)33-25-24(30)23(29)22(28)21(10-26)34-25/h4-9,11-13,21,24-30H,10H2,1-3H3. The molecule has 9 heteroatoms. The molecule has 0 bridgehead atoms. The number of benzene rings is 2. The molecular weight excluding hydrogens is 444 g/mol. The predicted octanol–water partition coefficient (Wildman–Crippen LogP) is 3.36. The normalized spacial score (nSPS) is 26.7. The highest BCUT2D eigenvalue weighted by Crippen LogP contribution is 2.46. The monoisotopic (exact) mass is 472 g/mol. The van der Waals surface area contributed by atoms with Crippen LogP contribution in [0, 0.1) is 5.92 Å². The molecule has 0 radical (unpaired) electrons. The molecule has 4 rings (SSSR count). The van der Waals surface area contributed by atoms with Crippen LogP contribution < -0.4 is 14.2 Å². The summed E-state index contributed by atoms with van der Waals surface area (Å²) in [7, 11) is 1.47. The van der Waals surface area contributed by atoms with Gasteiger partial charge in [0, 0.05) is 11.6 Å². The number of phenols is 1. The SMILES string of the molecule is COc1cc2c(cc1OC1OC(CO)C(O)=C(O)C1O)OC=C(c1ccc(O)cc1)C(C)C2C. The van der Waals surface area contributed by atoms with Crippen LogP contribution in [0.15, 0.2) is 54.2 Å². The van der Waals surface area contributed by atoms with Crippen LogP contribution in [0.3, 0.4) is 0 Å². The van der Waals surface area contributed by atoms with Crippen LogP contribution in [0.4, 0.5) is 0 Å². The van der Waals surface area contributed by atoms with E-state index in [0.29, 0.717) is 11.5 Å². The number of rotatable bonds is 5. The van der Waals surface area contributed by atoms with Crippen LogP contribution in [0.2, 0.25) is 0 Å². The van der Waals surface area contributed by atoms with E-state index in [1.165, 1.54) is 7.11 Å². The summed E-state index contributed by atoms with van der Waals surface area (Å²) in [6.45, 7) is 3.53. The molecule has 0 fully saturated rings. The molecule has 0 saturated heterocycles. The number of phenolic OH excluding ortho intramolecular Hbond substituents is 1. The zero-order chi connectivity index (χ0) is 24.6. The molecule has 182 valence electrons. The molecule has 2 aromatic carbocycles. The third-order valence-corrected chi connectivity index (χ3v) is 6.35. The second-order valence-corrected chi connectivity index (χ2v) is 8.37. The van der Waals surface area contributed by atoms with E-state index in [1.54, 1.807) is 30.5 Å². The lowest BCUT2D eigenvalue weighted by Crippen LogP contribution is -2.45. The summed E-state index contributed by atoms with van der Waals surface area (Å²) in [6.07, 6.45) is -2.67. The molecule has 0 aliphatic carbocycles. The van der Waals surface area contributed by atoms with E-state index in [4.69, 9.17) is 18.9 Å². The topological polar surface area (TPSA) is 138 Å². The molecule has 9 nitrogen and oxygen atoms in total. The molecule has 0 spiro atoms. The van der Waals surface area contributed by atoms with Crippen LogP contribution >= 0.6 is 0 Å². The van der Waals surface area contributed by atoms with Crippen LogP contribution in [-0.4, -0.2) is 57.7 Å². The van der Waals surface area contributed by atoms with Crippen molar-refractivity contribution in [1.82, 2.24) is 0 Å². The third kappa shape index (κ3) is 4.25. The van der Waals surface area contributed by atoms with Crippen molar-refractivity contribution in [3.05, 3.63) is 65.3 Å². The second-order valence-electron chi connectivity index (χ2n) is 8.37. The summed E-state index contributed by atoms with van der Waals surface area (Å²) in [6, 6.07) is 10.3. The number of aliphatic hydroxyl groups excluding tert-OH is 4. The Bertz CT molecular complexity index is 1110. The number of fused-ring (bicyclic) bond motifs is 1. The number of hydrogen-bond acceptors (Lipinski definition) is 9. The lowest BCUT2D eigenvalue weighted by molar-refractivity contribution is -0.192. The van der Waals surface area contributed by atoms with Crippen molar-refractivity contribution >= 4 is 5.57 Å². The molecule has 5 atom stereocenters. The summed E-state index contributed by atoms with van der Waals surface area (Å²) in [5, 5.41) is 49.1. The van der Waals surface area contributed by atoms with Gasteiger partial charge in [0.25, 0.3) is 0 Å². The Morgan fingerprint density at radius 2 is 1.65 bits per heavy atom. The van der Waals surface area contributed by atoms with Crippen molar-refractivity contribution in [3.8, 4) is 23.0 Å². The molecule has 0 saturated carbocycles. The van der Waals surface area contributed by atoms with Crippen molar-refractivity contribution in [1.29, 1.82) is 0 Å². The molecule has 2 aliphatic rings.